The third kappa shape index (κ3) is 31.5. The molecule has 2 amide bonds. The van der Waals surface area contributed by atoms with E-state index in [4.69, 9.17) is 0 Å². The molecule has 0 heterocycles. The summed E-state index contributed by atoms with van der Waals surface area (Å²) in [5.74, 6) is -15.1. The molecule has 0 aliphatic heterocycles. The Bertz CT molecular complexity index is 5610. The number of methoxy groups -OCH3 is 2. The smallest absolute Gasteiger partial charge is 0.324 e. The van der Waals surface area contributed by atoms with Crippen molar-refractivity contribution in [1.29, 1.82) is 0 Å². The van der Waals surface area contributed by atoms with Crippen LogP contribution in [0.3, 0.4) is 0 Å². The number of phenolic OH excluding ortho intramolecular Hbond substituents is 5. The summed E-state index contributed by atoms with van der Waals surface area (Å²) >= 11 is 0. The van der Waals surface area contributed by atoms with Crippen LogP contribution in [0.1, 0.15) is 79.8 Å². The number of aliphatic hydroxyl groups is 2. The number of rotatable bonds is 32. The van der Waals surface area contributed by atoms with Gasteiger partial charge in [0.2, 0.25) is 11.8 Å². The molecule has 3 unspecified atom stereocenters. The van der Waals surface area contributed by atoms with Gasteiger partial charge in [0.05, 0.1) is 27.4 Å². The topological polar surface area (TPSA) is 429 Å². The Kier molecular flexibility index (Phi) is 38.6. The fourth-order valence-corrected chi connectivity index (χ4v) is 11.1. The molecule has 0 saturated carbocycles. The van der Waals surface area contributed by atoms with Crippen LogP contribution in [0.2, 0.25) is 0 Å². The molecule has 25 heteroatoms. The van der Waals surface area contributed by atoms with Gasteiger partial charge in [-0.1, -0.05) is 183 Å². The Morgan fingerprint density at radius 2 is 0.512 bits per heavy atom. The minimum atomic E-state index is -1.66. The van der Waals surface area contributed by atoms with E-state index >= 15 is 0 Å². The predicted molar refractivity (Wildman–Crippen MR) is 476 cm³/mol. The van der Waals surface area contributed by atoms with Crippen LogP contribution in [0, 0.1) is 44.4 Å². The molecule has 0 aliphatic rings. The highest BCUT2D eigenvalue weighted by Crippen LogP contribution is 2.26. The van der Waals surface area contributed by atoms with Crippen molar-refractivity contribution in [1.82, 2.24) is 0 Å². The summed E-state index contributed by atoms with van der Waals surface area (Å²) in [6.07, 6.45) is 20.8. The lowest BCUT2D eigenvalue weighted by atomic mass is 9.95. The third-order valence-corrected chi connectivity index (χ3v) is 18.0. The molecule has 3 atom stereocenters. The highest BCUT2D eigenvalue weighted by molar-refractivity contribution is 6.30. The van der Waals surface area contributed by atoms with E-state index < -0.39 is 93.7 Å². The highest BCUT2D eigenvalue weighted by Gasteiger charge is 2.35. The number of aromatic hydroxyl groups is 7. The Morgan fingerprint density at radius 1 is 0.288 bits per heavy atom. The summed E-state index contributed by atoms with van der Waals surface area (Å²) in [5, 5.41) is 90.1. The molecule has 0 radical (unpaired) electrons. The van der Waals surface area contributed by atoms with Gasteiger partial charge in [0.15, 0.2) is 69.9 Å². The van der Waals surface area contributed by atoms with Crippen molar-refractivity contribution in [3.63, 3.8) is 0 Å². The number of amides is 2. The number of carbonyl (C=O) groups excluding carboxylic acids is 12. The number of nitrogens with one attached hydrogen (secondary N) is 2. The maximum absolute atomic E-state index is 13.0. The monoisotopic (exact) mass is 1690 g/mol. The molecule has 0 spiro atoms. The summed E-state index contributed by atoms with van der Waals surface area (Å²) < 4.78 is 9.17. The summed E-state index contributed by atoms with van der Waals surface area (Å²) in [5.41, 5.74) is 8.74. The lowest BCUT2D eigenvalue weighted by Crippen LogP contribution is -2.34. The van der Waals surface area contributed by atoms with Gasteiger partial charge in [-0.2, -0.15) is 0 Å². The van der Waals surface area contributed by atoms with Crippen molar-refractivity contribution >= 4 is 130 Å². The zero-order valence-electron chi connectivity index (χ0n) is 67.6. The van der Waals surface area contributed by atoms with Gasteiger partial charge < -0.3 is 66.1 Å². The van der Waals surface area contributed by atoms with Crippen LogP contribution >= 0.6 is 0 Å². The van der Waals surface area contributed by atoms with Crippen molar-refractivity contribution in [2.45, 2.75) is 41.4 Å². The zero-order valence-corrected chi connectivity index (χ0v) is 67.6. The van der Waals surface area contributed by atoms with Gasteiger partial charge >= 0.3 is 11.9 Å². The van der Waals surface area contributed by atoms with E-state index in [2.05, 4.69) is 20.1 Å². The van der Waals surface area contributed by atoms with Crippen molar-refractivity contribution in [2.75, 3.05) is 24.9 Å². The second-order valence-corrected chi connectivity index (χ2v) is 27.2. The number of anilines is 2. The van der Waals surface area contributed by atoms with Gasteiger partial charge in [-0.25, -0.2) is 0 Å². The number of ketones is 8. The van der Waals surface area contributed by atoms with E-state index in [1.807, 2.05) is 31.2 Å². The summed E-state index contributed by atoms with van der Waals surface area (Å²) in [4.78, 5) is 151. The molecule has 0 aliphatic carbocycles. The first-order valence-electron chi connectivity index (χ1n) is 37.9. The number of benzene rings is 10. The molecular formula is C100H92N2O23. The number of phenols is 7. The number of ether oxygens (including phenoxy) is 2. The van der Waals surface area contributed by atoms with Gasteiger partial charge in [0.1, 0.15) is 40.2 Å². The molecule has 640 valence electrons. The van der Waals surface area contributed by atoms with E-state index in [1.165, 1.54) is 140 Å². The minimum absolute atomic E-state index is 0. The van der Waals surface area contributed by atoms with Gasteiger partial charge in [-0.3, -0.25) is 57.5 Å². The maximum atomic E-state index is 13.0. The number of para-hydroxylation sites is 2. The van der Waals surface area contributed by atoms with E-state index in [1.54, 1.807) is 141 Å². The Hall–Kier alpha value is -16.1. The predicted octanol–water partition coefficient (Wildman–Crippen LogP) is 14.8. The molecule has 25 nitrogen and oxygen atoms in total. The SMILES string of the molecule is C.COC(=O)C(C(=O)/C=C/c1ccc(O)c(C)c1)C(=O)/C=C/c1ccc(O)c(CO)c1.COC(=O)C(C(=O)/C=C/c1ccc(O)cc1)C(=O)/C=C/c1ccc(O)cc1.Cc1cc(/C=C/C(=O)C(C(=O)/C=C/c2ccc(O)c(CO)c2)C(=O)Nc2ccccc2)ccc1O.Cc1ccc(/C=C/C(=O)C(C(=O)/C=C/c2ccc(O)cc2)C(=O)Nc2ccccc2)cc1. The van der Waals surface area contributed by atoms with Crippen molar-refractivity contribution in [3.05, 3.63) is 351 Å². The first-order chi connectivity index (χ1) is 59.4. The van der Waals surface area contributed by atoms with Crippen LogP contribution in [-0.4, -0.2) is 130 Å². The van der Waals surface area contributed by atoms with Gasteiger partial charge in [-0.05, 0) is 234 Å². The number of aliphatic hydroxyl groups excluding tert-OH is 2. The van der Waals surface area contributed by atoms with Crippen LogP contribution in [-0.2, 0) is 80.2 Å². The Balaban J connectivity index is 0.000000258. The average Bonchev–Trinajstić information content (AvgIpc) is 0.844. The fourth-order valence-electron chi connectivity index (χ4n) is 11.1. The van der Waals surface area contributed by atoms with E-state index in [-0.39, 0.29) is 72.0 Å². The Morgan fingerprint density at radius 3 is 0.760 bits per heavy atom. The maximum Gasteiger partial charge on any atom is 0.324 e. The number of aryl methyl sites for hydroxylation is 3. The first-order valence-corrected chi connectivity index (χ1v) is 37.9. The summed E-state index contributed by atoms with van der Waals surface area (Å²) in [6.45, 7) is 4.60. The fraction of sp³-hybridized carbons (Fsp3) is 0.120. The van der Waals surface area contributed by atoms with Crippen LogP contribution in [0.5, 0.6) is 40.2 Å². The number of allylic oxidation sites excluding steroid dienone is 8. The molecule has 0 aromatic heterocycles. The van der Waals surface area contributed by atoms with Crippen LogP contribution in [0.4, 0.5) is 11.4 Å². The van der Waals surface area contributed by atoms with Crippen LogP contribution in [0.15, 0.2) is 279 Å². The number of esters is 2. The molecule has 10 rings (SSSR count). The molecule has 125 heavy (non-hydrogen) atoms. The summed E-state index contributed by atoms with van der Waals surface area (Å²) in [7, 11) is 2.18. The number of hydrogen-bond donors (Lipinski definition) is 11. The van der Waals surface area contributed by atoms with Crippen molar-refractivity contribution in [2.24, 2.45) is 23.7 Å². The van der Waals surface area contributed by atoms with Crippen LogP contribution < -0.4 is 10.6 Å². The summed E-state index contributed by atoms with van der Waals surface area (Å²) in [6, 6.07) is 61.2. The van der Waals surface area contributed by atoms with Crippen molar-refractivity contribution in [3.8, 4) is 40.2 Å². The quantitative estimate of drug-likeness (QED) is 0.0106. The van der Waals surface area contributed by atoms with Crippen LogP contribution in [0.25, 0.3) is 48.6 Å². The molecule has 10 aromatic carbocycles. The standard InChI is InChI=1S/C28H25NO6.C27H23NO4.C23H22O7.C21H18O6.CH4/c1-18-15-19(7-11-23(18)31)9-13-25(33)27(28(35)29-22-5-3-2-4-6-22)26(34)14-10-20-8-12-24(32)21(16-20)17-30;1-19-7-9-20(10-8-19)13-17-24(30)26(27(32)28-22-5-3-2-4-6-22)25(31)18-14-21-11-15-23(29)16-12-21;1-14-11-15(3-7-18(14)25)5-9-20(27)22(23(29)30-2)21(28)10-6-16-4-8-19(26)17(12-16)13-24;1-27-21(26)20(18(24)12-6-14-2-8-16(22)9-3-14)19(25)13-7-15-4-10-17(23)11-5-15;/h2-16,27,30-32H,17H2,1H3,(H,29,35);2-18,26,29H,1H3,(H,28,32);3-12,22,24-26H,13H2,1-2H3;2-13,20,22-23H,1H3;1H4/b13-9+,14-10+;17-13+,18-14+;9-5+,10-6+;12-6+,13-7+;. The second-order valence-electron chi connectivity index (χ2n) is 27.2. The average molecular weight is 1690 g/mol. The van der Waals surface area contributed by atoms with E-state index in [9.17, 15) is 103 Å². The van der Waals surface area contributed by atoms with E-state index in [0.29, 0.717) is 61.4 Å². The van der Waals surface area contributed by atoms with Gasteiger partial charge in [0, 0.05) is 22.5 Å². The number of hydrogen-bond acceptors (Lipinski definition) is 23. The minimum Gasteiger partial charge on any atom is -0.508 e. The first kappa shape index (κ1) is 97.7. The molecule has 0 fully saturated rings. The molecular weight excluding hydrogens is 1600 g/mol. The largest absolute Gasteiger partial charge is 0.508 e. The molecule has 10 aromatic rings. The third-order valence-electron chi connectivity index (χ3n) is 18.0. The Labute approximate surface area is 720 Å². The lowest BCUT2D eigenvalue weighted by molar-refractivity contribution is -0.153. The van der Waals surface area contributed by atoms with Crippen molar-refractivity contribution < 1.29 is 113 Å². The van der Waals surface area contributed by atoms with E-state index in [0.717, 1.165) is 61.8 Å². The molecule has 0 bridgehead atoms. The highest BCUT2D eigenvalue weighted by atomic mass is 16.5. The molecule has 0 saturated heterocycles. The second kappa shape index (κ2) is 49.4. The number of carbonyl (C=O) groups is 12. The zero-order chi connectivity index (χ0) is 90.4. The lowest BCUT2D eigenvalue weighted by Gasteiger charge is -2.12. The van der Waals surface area contributed by atoms with Gasteiger partial charge in [-0.15, -0.1) is 0 Å². The molecule has 11 N–H and O–H groups in total. The normalized spacial score (nSPS) is 11.8. The van der Waals surface area contributed by atoms with Gasteiger partial charge in [0.25, 0.3) is 0 Å².